The predicted octanol–water partition coefficient (Wildman–Crippen LogP) is 4.63. The van der Waals surface area contributed by atoms with Gasteiger partial charge in [-0.1, -0.05) is 51.7 Å². The van der Waals surface area contributed by atoms with Gasteiger partial charge >= 0.3 is 0 Å². The Hall–Kier alpha value is -1.11. The lowest BCUT2D eigenvalue weighted by atomic mass is 10.1. The van der Waals surface area contributed by atoms with Crippen molar-refractivity contribution in [2.75, 3.05) is 0 Å². The van der Waals surface area contributed by atoms with Gasteiger partial charge in [-0.05, 0) is 30.5 Å². The van der Waals surface area contributed by atoms with Gasteiger partial charge in [0, 0.05) is 6.20 Å². The van der Waals surface area contributed by atoms with Crippen LogP contribution in [0.4, 0.5) is 0 Å². The fourth-order valence-corrected chi connectivity index (χ4v) is 1.81. The summed E-state index contributed by atoms with van der Waals surface area (Å²) < 4.78 is 0. The van der Waals surface area contributed by atoms with Crippen LogP contribution in [0.5, 0.6) is 0 Å². The lowest BCUT2D eigenvalue weighted by Gasteiger charge is -2.02. The maximum atomic E-state index is 4.31. The standard InChI is InChI=1S/C15H23N/c1-3-5-6-7-8-9-10-14-11-12-15(4-2)16-13-14/h4,11-13H,2-3,5-10H2,1H3. The highest BCUT2D eigenvalue weighted by atomic mass is 14.7. The van der Waals surface area contributed by atoms with Crippen LogP contribution in [0, 0.1) is 0 Å². The fraction of sp³-hybridized carbons (Fsp3) is 0.533. The zero-order valence-corrected chi connectivity index (χ0v) is 10.4. The van der Waals surface area contributed by atoms with E-state index in [-0.39, 0.29) is 0 Å². The number of unbranched alkanes of at least 4 members (excludes halogenated alkanes) is 5. The predicted molar refractivity (Wildman–Crippen MR) is 71.4 cm³/mol. The second kappa shape index (κ2) is 8.09. The summed E-state index contributed by atoms with van der Waals surface area (Å²) in [6.07, 6.45) is 13.1. The molecule has 0 aliphatic heterocycles. The summed E-state index contributed by atoms with van der Waals surface area (Å²) in [6, 6.07) is 4.20. The molecule has 1 heteroatoms. The van der Waals surface area contributed by atoms with E-state index in [1.165, 1.54) is 44.1 Å². The van der Waals surface area contributed by atoms with Gasteiger partial charge in [-0.15, -0.1) is 0 Å². The molecule has 0 atom stereocenters. The molecule has 0 bridgehead atoms. The molecule has 16 heavy (non-hydrogen) atoms. The molecule has 1 aromatic heterocycles. The van der Waals surface area contributed by atoms with Gasteiger partial charge in [0.1, 0.15) is 0 Å². The van der Waals surface area contributed by atoms with E-state index in [9.17, 15) is 0 Å². The van der Waals surface area contributed by atoms with Gasteiger partial charge in [-0.25, -0.2) is 0 Å². The molecular formula is C15H23N. The van der Waals surface area contributed by atoms with Crippen LogP contribution in [0.15, 0.2) is 24.9 Å². The molecule has 1 rings (SSSR count). The van der Waals surface area contributed by atoms with Gasteiger partial charge < -0.3 is 0 Å². The molecule has 1 heterocycles. The van der Waals surface area contributed by atoms with Gasteiger partial charge in [-0.3, -0.25) is 4.98 Å². The molecule has 0 aliphatic carbocycles. The van der Waals surface area contributed by atoms with Crippen LogP contribution in [0.2, 0.25) is 0 Å². The number of hydrogen-bond acceptors (Lipinski definition) is 1. The Bertz CT molecular complexity index is 287. The molecule has 0 aromatic carbocycles. The molecule has 0 aliphatic rings. The van der Waals surface area contributed by atoms with E-state index < -0.39 is 0 Å². The quantitative estimate of drug-likeness (QED) is 0.579. The van der Waals surface area contributed by atoms with Crippen LogP contribution in [0.1, 0.15) is 56.7 Å². The molecule has 88 valence electrons. The van der Waals surface area contributed by atoms with Crippen molar-refractivity contribution in [3.05, 3.63) is 36.2 Å². The Morgan fingerprint density at radius 2 is 1.88 bits per heavy atom. The minimum absolute atomic E-state index is 0.965. The number of nitrogens with zero attached hydrogens (tertiary/aromatic N) is 1. The number of aromatic nitrogens is 1. The van der Waals surface area contributed by atoms with E-state index in [1.807, 2.05) is 12.3 Å². The Labute approximate surface area is 99.6 Å². The lowest BCUT2D eigenvalue weighted by molar-refractivity contribution is 0.607. The summed E-state index contributed by atoms with van der Waals surface area (Å²) in [4.78, 5) is 4.31. The first-order chi connectivity index (χ1) is 7.86. The smallest absolute Gasteiger partial charge is 0.0623 e. The first kappa shape index (κ1) is 13.0. The van der Waals surface area contributed by atoms with Gasteiger partial charge in [-0.2, -0.15) is 0 Å². The average Bonchev–Trinajstić information content (AvgIpc) is 2.34. The Morgan fingerprint density at radius 3 is 2.50 bits per heavy atom. The van der Waals surface area contributed by atoms with Crippen LogP contribution in [-0.4, -0.2) is 4.98 Å². The van der Waals surface area contributed by atoms with Gasteiger partial charge in [0.15, 0.2) is 0 Å². The second-order valence-electron chi connectivity index (χ2n) is 4.31. The number of aryl methyl sites for hydroxylation is 1. The minimum atomic E-state index is 0.965. The van der Waals surface area contributed by atoms with Crippen LogP contribution in [0.25, 0.3) is 6.08 Å². The van der Waals surface area contributed by atoms with Crippen LogP contribution in [-0.2, 0) is 6.42 Å². The topological polar surface area (TPSA) is 12.9 Å². The third kappa shape index (κ3) is 5.11. The Balaban J connectivity index is 2.14. The average molecular weight is 217 g/mol. The Kier molecular flexibility index (Phi) is 6.55. The molecule has 0 N–H and O–H groups in total. The molecule has 0 fully saturated rings. The van der Waals surface area contributed by atoms with Gasteiger partial charge in [0.2, 0.25) is 0 Å². The molecule has 1 nitrogen and oxygen atoms in total. The van der Waals surface area contributed by atoms with Crippen LogP contribution >= 0.6 is 0 Å². The van der Waals surface area contributed by atoms with Crippen molar-refractivity contribution < 1.29 is 0 Å². The second-order valence-corrected chi connectivity index (χ2v) is 4.31. The van der Waals surface area contributed by atoms with E-state index in [2.05, 4.69) is 24.6 Å². The van der Waals surface area contributed by atoms with Crippen molar-refractivity contribution in [1.82, 2.24) is 4.98 Å². The van der Waals surface area contributed by atoms with Crippen molar-refractivity contribution in [3.8, 4) is 0 Å². The first-order valence-electron chi connectivity index (χ1n) is 6.44. The largest absolute Gasteiger partial charge is 0.257 e. The SMILES string of the molecule is C=Cc1ccc(CCCCCCCC)cn1. The molecule has 1 aromatic rings. The molecular weight excluding hydrogens is 194 g/mol. The zero-order valence-electron chi connectivity index (χ0n) is 10.4. The number of pyridine rings is 1. The lowest BCUT2D eigenvalue weighted by Crippen LogP contribution is -1.89. The van der Waals surface area contributed by atoms with Crippen molar-refractivity contribution in [2.45, 2.75) is 51.9 Å². The third-order valence-corrected chi connectivity index (χ3v) is 2.88. The highest BCUT2D eigenvalue weighted by molar-refractivity contribution is 5.41. The third-order valence-electron chi connectivity index (χ3n) is 2.88. The van der Waals surface area contributed by atoms with Crippen molar-refractivity contribution in [1.29, 1.82) is 0 Å². The number of rotatable bonds is 8. The summed E-state index contributed by atoms with van der Waals surface area (Å²) in [6.45, 7) is 5.96. The summed E-state index contributed by atoms with van der Waals surface area (Å²) in [5.74, 6) is 0. The maximum absolute atomic E-state index is 4.31. The monoisotopic (exact) mass is 217 g/mol. The molecule has 0 amide bonds. The van der Waals surface area contributed by atoms with E-state index >= 15 is 0 Å². The minimum Gasteiger partial charge on any atom is -0.257 e. The van der Waals surface area contributed by atoms with Gasteiger partial charge in [0.25, 0.3) is 0 Å². The first-order valence-corrected chi connectivity index (χ1v) is 6.44. The molecule has 0 spiro atoms. The maximum Gasteiger partial charge on any atom is 0.0623 e. The molecule has 0 saturated carbocycles. The molecule has 0 saturated heterocycles. The Morgan fingerprint density at radius 1 is 1.12 bits per heavy atom. The summed E-state index contributed by atoms with van der Waals surface area (Å²) in [5.41, 5.74) is 2.31. The van der Waals surface area contributed by atoms with Gasteiger partial charge in [0.05, 0.1) is 5.69 Å². The van der Waals surface area contributed by atoms with E-state index in [4.69, 9.17) is 0 Å². The van der Waals surface area contributed by atoms with Crippen molar-refractivity contribution in [2.24, 2.45) is 0 Å². The highest BCUT2D eigenvalue weighted by Crippen LogP contribution is 2.09. The van der Waals surface area contributed by atoms with Crippen LogP contribution in [0.3, 0.4) is 0 Å². The molecule has 0 radical (unpaired) electrons. The summed E-state index contributed by atoms with van der Waals surface area (Å²) in [7, 11) is 0. The van der Waals surface area contributed by atoms with Crippen LogP contribution < -0.4 is 0 Å². The van der Waals surface area contributed by atoms with E-state index in [0.717, 1.165) is 12.1 Å². The van der Waals surface area contributed by atoms with E-state index in [0.29, 0.717) is 0 Å². The number of hydrogen-bond donors (Lipinski definition) is 0. The van der Waals surface area contributed by atoms with E-state index in [1.54, 1.807) is 6.08 Å². The normalized spacial score (nSPS) is 10.3. The zero-order chi connectivity index (χ0) is 11.6. The summed E-state index contributed by atoms with van der Waals surface area (Å²) >= 11 is 0. The molecule has 0 unspecified atom stereocenters. The summed E-state index contributed by atoms with van der Waals surface area (Å²) in [5, 5.41) is 0. The highest BCUT2D eigenvalue weighted by Gasteiger charge is 1.95. The van der Waals surface area contributed by atoms with Crippen molar-refractivity contribution >= 4 is 6.08 Å². The van der Waals surface area contributed by atoms with Crippen molar-refractivity contribution in [3.63, 3.8) is 0 Å². The fourth-order valence-electron chi connectivity index (χ4n) is 1.81.